The summed E-state index contributed by atoms with van der Waals surface area (Å²) in [6.07, 6.45) is -4.63. The van der Waals surface area contributed by atoms with E-state index in [2.05, 4.69) is 4.98 Å². The topological polar surface area (TPSA) is 70.1 Å². The van der Waals surface area contributed by atoms with Crippen molar-refractivity contribution in [2.75, 3.05) is 5.73 Å². The van der Waals surface area contributed by atoms with Crippen LogP contribution in [0.2, 0.25) is 0 Å². The summed E-state index contributed by atoms with van der Waals surface area (Å²) in [5, 5.41) is 0. The van der Waals surface area contributed by atoms with Crippen LogP contribution in [0.4, 0.5) is 19.0 Å². The number of anilines is 1. The molecule has 1 aliphatic heterocycles. The molecule has 1 aliphatic rings. The van der Waals surface area contributed by atoms with E-state index >= 15 is 0 Å². The van der Waals surface area contributed by atoms with Crippen LogP contribution >= 0.6 is 0 Å². The van der Waals surface area contributed by atoms with Crippen molar-refractivity contribution in [1.82, 2.24) is 9.55 Å². The van der Waals surface area contributed by atoms with Crippen LogP contribution in [0, 0.1) is 5.92 Å². The van der Waals surface area contributed by atoms with Crippen LogP contribution in [0.15, 0.2) is 0 Å². The Bertz CT molecular complexity index is 558. The Morgan fingerprint density at radius 3 is 2.52 bits per heavy atom. The number of alkyl halides is 3. The third-order valence-electron chi connectivity index (χ3n) is 3.26. The minimum atomic E-state index is -4.27. The summed E-state index contributed by atoms with van der Waals surface area (Å²) < 4.78 is 44.9. The van der Waals surface area contributed by atoms with Crippen molar-refractivity contribution in [3.05, 3.63) is 11.5 Å². The Morgan fingerprint density at radius 1 is 1.38 bits per heavy atom. The lowest BCUT2D eigenvalue weighted by atomic mass is 9.97. The number of hydrogen-bond acceptors (Lipinski definition) is 4. The second-order valence-corrected chi connectivity index (χ2v) is 6.15. The van der Waals surface area contributed by atoms with Gasteiger partial charge < -0.3 is 15.0 Å². The first-order valence-electron chi connectivity index (χ1n) is 6.64. The summed E-state index contributed by atoms with van der Waals surface area (Å²) in [5.41, 5.74) is 5.01. The fourth-order valence-corrected chi connectivity index (χ4v) is 2.34. The number of carbonyl (C=O) groups is 1. The van der Waals surface area contributed by atoms with Crippen molar-refractivity contribution < 1.29 is 22.7 Å². The van der Waals surface area contributed by atoms with E-state index in [0.29, 0.717) is 0 Å². The Morgan fingerprint density at radius 2 is 2.00 bits per heavy atom. The number of ether oxygens (including phenoxy) is 1. The van der Waals surface area contributed by atoms with Crippen molar-refractivity contribution in [1.29, 1.82) is 0 Å². The molecule has 21 heavy (non-hydrogen) atoms. The number of nitrogens with two attached hydrogens (primary N) is 1. The molecule has 1 unspecified atom stereocenters. The molecule has 1 atom stereocenters. The average molecular weight is 305 g/mol. The van der Waals surface area contributed by atoms with Crippen molar-refractivity contribution in [2.24, 2.45) is 5.92 Å². The largest absolute Gasteiger partial charge is 0.455 e. The Balaban J connectivity index is 2.29. The first kappa shape index (κ1) is 15.7. The summed E-state index contributed by atoms with van der Waals surface area (Å²) in [7, 11) is 0. The Kier molecular flexibility index (Phi) is 3.67. The summed E-state index contributed by atoms with van der Waals surface area (Å²) in [6, 6.07) is 0. The molecule has 2 N–H and O–H groups in total. The predicted octanol–water partition coefficient (Wildman–Crippen LogP) is 2.55. The van der Waals surface area contributed by atoms with E-state index < -0.39 is 23.7 Å². The van der Waals surface area contributed by atoms with Crippen molar-refractivity contribution in [3.63, 3.8) is 0 Å². The van der Waals surface area contributed by atoms with Crippen LogP contribution < -0.4 is 5.73 Å². The van der Waals surface area contributed by atoms with E-state index in [9.17, 15) is 18.0 Å². The summed E-state index contributed by atoms with van der Waals surface area (Å²) in [6.45, 7) is 5.16. The molecule has 0 fully saturated rings. The van der Waals surface area contributed by atoms with Gasteiger partial charge in [0.05, 0.1) is 5.92 Å². The van der Waals surface area contributed by atoms with Crippen LogP contribution in [0.3, 0.4) is 0 Å². The van der Waals surface area contributed by atoms with Crippen LogP contribution in [0.25, 0.3) is 0 Å². The van der Waals surface area contributed by atoms with E-state index in [4.69, 9.17) is 10.5 Å². The number of aromatic nitrogens is 2. The van der Waals surface area contributed by atoms with Gasteiger partial charge in [-0.15, -0.1) is 0 Å². The molecule has 8 heteroatoms. The van der Waals surface area contributed by atoms with E-state index in [1.807, 2.05) is 0 Å². The van der Waals surface area contributed by atoms with Gasteiger partial charge in [0.15, 0.2) is 11.5 Å². The Labute approximate surface area is 120 Å². The molecule has 0 radical (unpaired) electrons. The fourth-order valence-electron chi connectivity index (χ4n) is 2.34. The van der Waals surface area contributed by atoms with Gasteiger partial charge in [-0.3, -0.25) is 0 Å². The number of nitrogen functional groups attached to an aromatic ring is 1. The molecule has 0 aromatic carbocycles. The SMILES string of the molecule is CC(C)(C)OC(=O)c1c(N)nc2n1CCC(C(F)(F)F)C2. The van der Waals surface area contributed by atoms with Crippen LogP contribution in [-0.2, 0) is 17.7 Å². The average Bonchev–Trinajstić information content (AvgIpc) is 2.59. The first-order valence-corrected chi connectivity index (χ1v) is 6.64. The van der Waals surface area contributed by atoms with E-state index in [0.717, 1.165) is 0 Å². The van der Waals surface area contributed by atoms with Gasteiger partial charge in [0, 0.05) is 13.0 Å². The smallest absolute Gasteiger partial charge is 0.392 e. The number of hydrogen-bond donors (Lipinski definition) is 1. The van der Waals surface area contributed by atoms with Gasteiger partial charge in [-0.2, -0.15) is 13.2 Å². The van der Waals surface area contributed by atoms with Crippen molar-refractivity contribution in [2.45, 2.75) is 51.9 Å². The third kappa shape index (κ3) is 3.30. The van der Waals surface area contributed by atoms with Crippen molar-refractivity contribution in [3.8, 4) is 0 Å². The molecule has 0 amide bonds. The number of fused-ring (bicyclic) bond motifs is 1. The third-order valence-corrected chi connectivity index (χ3v) is 3.26. The number of carbonyl (C=O) groups excluding carboxylic acids is 1. The zero-order valence-corrected chi connectivity index (χ0v) is 12.1. The summed E-state index contributed by atoms with van der Waals surface area (Å²) in [5.74, 6) is -2.01. The number of rotatable bonds is 1. The van der Waals surface area contributed by atoms with Crippen LogP contribution in [-0.4, -0.2) is 27.3 Å². The molecule has 1 aromatic heterocycles. The highest BCUT2D eigenvalue weighted by molar-refractivity contribution is 5.92. The van der Waals surface area contributed by atoms with Gasteiger partial charge >= 0.3 is 12.1 Å². The monoisotopic (exact) mass is 305 g/mol. The maximum Gasteiger partial charge on any atom is 0.392 e. The van der Waals surface area contributed by atoms with Gasteiger partial charge in [-0.05, 0) is 27.2 Å². The van der Waals surface area contributed by atoms with E-state index in [1.165, 1.54) is 4.57 Å². The van der Waals surface area contributed by atoms with Gasteiger partial charge in [0.25, 0.3) is 0 Å². The molecule has 0 aliphatic carbocycles. The van der Waals surface area contributed by atoms with Gasteiger partial charge in [-0.25, -0.2) is 9.78 Å². The minimum absolute atomic E-state index is 0.0422. The number of esters is 1. The molecule has 2 heterocycles. The molecule has 0 bridgehead atoms. The molecule has 118 valence electrons. The molecule has 2 rings (SSSR count). The van der Waals surface area contributed by atoms with Gasteiger partial charge in [-0.1, -0.05) is 0 Å². The number of nitrogens with zero attached hydrogens (tertiary/aromatic N) is 2. The predicted molar refractivity (Wildman–Crippen MR) is 69.7 cm³/mol. The van der Waals surface area contributed by atoms with Crippen molar-refractivity contribution >= 4 is 11.8 Å². The highest BCUT2D eigenvalue weighted by Crippen LogP contribution is 2.36. The molecule has 0 saturated carbocycles. The summed E-state index contributed by atoms with van der Waals surface area (Å²) >= 11 is 0. The minimum Gasteiger partial charge on any atom is -0.455 e. The van der Waals surface area contributed by atoms with Crippen LogP contribution in [0.5, 0.6) is 0 Å². The second-order valence-electron chi connectivity index (χ2n) is 6.15. The standard InChI is InChI=1S/C13H18F3N3O2/c1-12(2,3)21-11(20)9-10(17)18-8-6-7(13(14,15)16)4-5-19(8)9/h7H,4-6,17H2,1-3H3. The number of halogens is 3. The van der Waals surface area contributed by atoms with Gasteiger partial charge in [0.2, 0.25) is 0 Å². The van der Waals surface area contributed by atoms with E-state index in [1.54, 1.807) is 20.8 Å². The zero-order valence-electron chi connectivity index (χ0n) is 12.1. The highest BCUT2D eigenvalue weighted by Gasteiger charge is 2.43. The lowest BCUT2D eigenvalue weighted by molar-refractivity contribution is -0.179. The lowest BCUT2D eigenvalue weighted by Gasteiger charge is -2.26. The quantitative estimate of drug-likeness (QED) is 0.809. The molecule has 1 aromatic rings. The maximum absolute atomic E-state index is 12.8. The lowest BCUT2D eigenvalue weighted by Crippen LogP contribution is -2.33. The maximum atomic E-state index is 12.8. The summed E-state index contributed by atoms with van der Waals surface area (Å²) in [4.78, 5) is 16.0. The zero-order chi connectivity index (χ0) is 16.0. The molecule has 0 saturated heterocycles. The second kappa shape index (κ2) is 4.92. The first-order chi connectivity index (χ1) is 9.49. The molecular weight excluding hydrogens is 287 g/mol. The molecular formula is C13H18F3N3O2. The highest BCUT2D eigenvalue weighted by atomic mass is 19.4. The Hall–Kier alpha value is -1.73. The number of imidazole rings is 1. The molecule has 0 spiro atoms. The van der Waals surface area contributed by atoms with Crippen LogP contribution in [0.1, 0.15) is 43.5 Å². The normalized spacial score (nSPS) is 19.2. The molecule has 5 nitrogen and oxygen atoms in total. The van der Waals surface area contributed by atoms with Gasteiger partial charge in [0.1, 0.15) is 11.4 Å². The fraction of sp³-hybridized carbons (Fsp3) is 0.692. The van der Waals surface area contributed by atoms with E-state index in [-0.39, 0.29) is 36.7 Å².